The second-order valence-corrected chi connectivity index (χ2v) is 5.43. The lowest BCUT2D eigenvalue weighted by atomic mass is 9.99. The highest BCUT2D eigenvalue weighted by molar-refractivity contribution is 6.39. The Balaban J connectivity index is 1.73. The van der Waals surface area contributed by atoms with E-state index in [-0.39, 0.29) is 24.8 Å². The standard InChI is InChI=1S/C12H15N5O4/c1-16-8(18)3-2-7(15-16)9(19)17-5-4-12(6-17)10(20)13-11(21)14-12/h2-6H2,1H3,(H2,13,14,20,21). The van der Waals surface area contributed by atoms with Crippen molar-refractivity contribution in [3.63, 3.8) is 0 Å². The number of carbonyl (C=O) groups is 4. The molecule has 2 N–H and O–H groups in total. The molecule has 3 rings (SSSR count). The fourth-order valence-electron chi connectivity index (χ4n) is 2.80. The molecule has 2 saturated heterocycles. The molecule has 112 valence electrons. The highest BCUT2D eigenvalue weighted by Crippen LogP contribution is 2.25. The van der Waals surface area contributed by atoms with E-state index >= 15 is 0 Å². The maximum absolute atomic E-state index is 12.4. The summed E-state index contributed by atoms with van der Waals surface area (Å²) >= 11 is 0. The summed E-state index contributed by atoms with van der Waals surface area (Å²) in [5, 5.41) is 9.91. The molecule has 0 aliphatic carbocycles. The second-order valence-electron chi connectivity index (χ2n) is 5.43. The lowest BCUT2D eigenvalue weighted by Crippen LogP contribution is -2.50. The van der Waals surface area contributed by atoms with Crippen LogP contribution < -0.4 is 10.6 Å². The van der Waals surface area contributed by atoms with Crippen molar-refractivity contribution in [2.45, 2.75) is 24.8 Å². The van der Waals surface area contributed by atoms with Crippen LogP contribution in [0.15, 0.2) is 5.10 Å². The summed E-state index contributed by atoms with van der Waals surface area (Å²) in [4.78, 5) is 48.3. The van der Waals surface area contributed by atoms with Gasteiger partial charge in [-0.15, -0.1) is 0 Å². The Bertz CT molecular complexity index is 586. The van der Waals surface area contributed by atoms with E-state index in [9.17, 15) is 19.2 Å². The normalized spacial score (nSPS) is 28.8. The Morgan fingerprint density at radius 2 is 2.05 bits per heavy atom. The van der Waals surface area contributed by atoms with Gasteiger partial charge in [0.1, 0.15) is 11.3 Å². The van der Waals surface area contributed by atoms with Crippen molar-refractivity contribution in [1.29, 1.82) is 0 Å². The number of nitrogens with zero attached hydrogens (tertiary/aromatic N) is 3. The number of amides is 5. The van der Waals surface area contributed by atoms with Crippen LogP contribution in [0.3, 0.4) is 0 Å². The summed E-state index contributed by atoms with van der Waals surface area (Å²) in [6.07, 6.45) is 0.916. The van der Waals surface area contributed by atoms with Gasteiger partial charge in [0.15, 0.2) is 0 Å². The fraction of sp³-hybridized carbons (Fsp3) is 0.583. The summed E-state index contributed by atoms with van der Waals surface area (Å²) in [5.74, 6) is -0.826. The second kappa shape index (κ2) is 4.54. The number of likely N-dealkylation sites (tertiary alicyclic amines) is 1. The van der Waals surface area contributed by atoms with Gasteiger partial charge in [-0.3, -0.25) is 19.7 Å². The average molecular weight is 293 g/mol. The minimum absolute atomic E-state index is 0.125. The number of nitrogens with one attached hydrogen (secondary N) is 2. The molecule has 0 radical (unpaired) electrons. The van der Waals surface area contributed by atoms with Gasteiger partial charge in [0.05, 0.1) is 6.54 Å². The maximum atomic E-state index is 12.4. The zero-order valence-corrected chi connectivity index (χ0v) is 11.5. The van der Waals surface area contributed by atoms with Crippen molar-refractivity contribution in [3.8, 4) is 0 Å². The molecule has 1 unspecified atom stereocenters. The van der Waals surface area contributed by atoms with Crippen LogP contribution in [0.5, 0.6) is 0 Å². The van der Waals surface area contributed by atoms with Gasteiger partial charge in [0.2, 0.25) is 5.91 Å². The Morgan fingerprint density at radius 3 is 2.67 bits per heavy atom. The van der Waals surface area contributed by atoms with E-state index < -0.39 is 17.5 Å². The largest absolute Gasteiger partial charge is 0.335 e. The van der Waals surface area contributed by atoms with Crippen LogP contribution in [-0.2, 0) is 14.4 Å². The molecular weight excluding hydrogens is 278 g/mol. The smallest absolute Gasteiger partial charge is 0.322 e. The summed E-state index contributed by atoms with van der Waals surface area (Å²) in [5.41, 5.74) is -0.720. The Hall–Kier alpha value is -2.45. The van der Waals surface area contributed by atoms with Crippen LogP contribution in [-0.4, -0.2) is 65.0 Å². The zero-order valence-electron chi connectivity index (χ0n) is 11.5. The first-order valence-electron chi connectivity index (χ1n) is 6.68. The number of carbonyl (C=O) groups excluding carboxylic acids is 4. The molecule has 0 aromatic heterocycles. The van der Waals surface area contributed by atoms with Crippen LogP contribution in [0.4, 0.5) is 4.79 Å². The lowest BCUT2D eigenvalue weighted by molar-refractivity contribution is -0.130. The molecule has 0 aromatic rings. The van der Waals surface area contributed by atoms with Crippen molar-refractivity contribution >= 4 is 29.5 Å². The number of rotatable bonds is 1. The Kier molecular flexibility index (Phi) is 2.92. The van der Waals surface area contributed by atoms with Crippen LogP contribution in [0.1, 0.15) is 19.3 Å². The van der Waals surface area contributed by atoms with Gasteiger partial charge in [-0.25, -0.2) is 9.80 Å². The molecule has 1 atom stereocenters. The summed E-state index contributed by atoms with van der Waals surface area (Å²) in [6, 6.07) is -0.533. The molecule has 3 aliphatic heterocycles. The van der Waals surface area contributed by atoms with Gasteiger partial charge in [-0.2, -0.15) is 5.10 Å². The molecule has 5 amide bonds. The van der Waals surface area contributed by atoms with Crippen LogP contribution in [0.25, 0.3) is 0 Å². The molecular formula is C12H15N5O4. The van der Waals surface area contributed by atoms with E-state index in [4.69, 9.17) is 0 Å². The molecule has 3 heterocycles. The minimum atomic E-state index is -1.02. The van der Waals surface area contributed by atoms with Gasteiger partial charge in [-0.05, 0) is 6.42 Å². The SMILES string of the molecule is CN1N=C(C(=O)N2CCC3(C2)NC(=O)NC3=O)CCC1=O. The van der Waals surface area contributed by atoms with Gasteiger partial charge in [-0.1, -0.05) is 0 Å². The van der Waals surface area contributed by atoms with E-state index in [0.717, 1.165) is 5.01 Å². The zero-order chi connectivity index (χ0) is 15.2. The van der Waals surface area contributed by atoms with E-state index in [1.54, 1.807) is 0 Å². The lowest BCUT2D eigenvalue weighted by Gasteiger charge is -2.24. The van der Waals surface area contributed by atoms with Crippen molar-refractivity contribution in [1.82, 2.24) is 20.5 Å². The van der Waals surface area contributed by atoms with Crippen LogP contribution in [0, 0.1) is 0 Å². The summed E-state index contributed by atoms with van der Waals surface area (Å²) < 4.78 is 0. The molecule has 1 spiro atoms. The molecule has 21 heavy (non-hydrogen) atoms. The van der Waals surface area contributed by atoms with Crippen molar-refractivity contribution < 1.29 is 19.2 Å². The first-order chi connectivity index (χ1) is 9.91. The summed E-state index contributed by atoms with van der Waals surface area (Å²) in [7, 11) is 1.50. The van der Waals surface area contributed by atoms with Gasteiger partial charge in [0, 0.05) is 26.4 Å². The van der Waals surface area contributed by atoms with Crippen molar-refractivity contribution in [3.05, 3.63) is 0 Å². The molecule has 3 aliphatic rings. The predicted octanol–water partition coefficient (Wildman–Crippen LogP) is -1.59. The first-order valence-corrected chi connectivity index (χ1v) is 6.68. The third kappa shape index (κ3) is 2.14. The van der Waals surface area contributed by atoms with E-state index in [1.165, 1.54) is 11.9 Å². The van der Waals surface area contributed by atoms with Gasteiger partial charge in [0.25, 0.3) is 11.8 Å². The average Bonchev–Trinajstić information content (AvgIpc) is 2.97. The van der Waals surface area contributed by atoms with Crippen molar-refractivity contribution in [2.75, 3.05) is 20.1 Å². The molecule has 9 nitrogen and oxygen atoms in total. The monoisotopic (exact) mass is 293 g/mol. The third-order valence-corrected chi connectivity index (χ3v) is 4.03. The maximum Gasteiger partial charge on any atom is 0.322 e. The van der Waals surface area contributed by atoms with E-state index in [0.29, 0.717) is 25.1 Å². The first kappa shape index (κ1) is 13.5. The molecule has 2 fully saturated rings. The highest BCUT2D eigenvalue weighted by Gasteiger charge is 2.52. The Morgan fingerprint density at radius 1 is 1.29 bits per heavy atom. The quantitative estimate of drug-likeness (QED) is 0.567. The molecule has 0 bridgehead atoms. The number of hydrogen-bond acceptors (Lipinski definition) is 5. The topological polar surface area (TPSA) is 111 Å². The van der Waals surface area contributed by atoms with E-state index in [1.807, 2.05) is 0 Å². The predicted molar refractivity (Wildman–Crippen MR) is 70.0 cm³/mol. The molecule has 0 saturated carbocycles. The van der Waals surface area contributed by atoms with Crippen molar-refractivity contribution in [2.24, 2.45) is 5.10 Å². The van der Waals surface area contributed by atoms with Gasteiger partial charge >= 0.3 is 6.03 Å². The van der Waals surface area contributed by atoms with Gasteiger partial charge < -0.3 is 10.2 Å². The highest BCUT2D eigenvalue weighted by atomic mass is 16.2. The van der Waals surface area contributed by atoms with Crippen LogP contribution >= 0.6 is 0 Å². The number of imide groups is 1. The third-order valence-electron chi connectivity index (χ3n) is 4.03. The molecule has 9 heteroatoms. The Labute approximate surface area is 120 Å². The molecule has 0 aromatic carbocycles. The van der Waals surface area contributed by atoms with Crippen LogP contribution in [0.2, 0.25) is 0 Å². The number of hydrogen-bond donors (Lipinski definition) is 2. The minimum Gasteiger partial charge on any atom is -0.335 e. The number of hydrazone groups is 1. The fourth-order valence-corrected chi connectivity index (χ4v) is 2.80. The number of urea groups is 1. The van der Waals surface area contributed by atoms with E-state index in [2.05, 4.69) is 15.7 Å². The summed E-state index contributed by atoms with van der Waals surface area (Å²) in [6.45, 7) is 0.489.